The molecule has 2 rings (SSSR count). The summed E-state index contributed by atoms with van der Waals surface area (Å²) in [4.78, 5) is 23.2. The van der Waals surface area contributed by atoms with Crippen LogP contribution in [-0.2, 0) is 22.2 Å². The Labute approximate surface area is 152 Å². The minimum Gasteiger partial charge on any atom is -0.480 e. The lowest BCUT2D eigenvalue weighted by atomic mass is 10.1. The quantitative estimate of drug-likeness (QED) is 0.593. The van der Waals surface area contributed by atoms with Gasteiger partial charge in [-0.05, 0) is 41.5 Å². The number of amides is 1. The summed E-state index contributed by atoms with van der Waals surface area (Å²) < 4.78 is 50.4. The summed E-state index contributed by atoms with van der Waals surface area (Å²) in [5.41, 5.74) is 0.0636. The van der Waals surface area contributed by atoms with Crippen LogP contribution in [-0.4, -0.2) is 23.0 Å². The maximum absolute atomic E-state index is 12.9. The van der Waals surface area contributed by atoms with Crippen molar-refractivity contribution in [1.29, 1.82) is 0 Å². The number of carbonyl (C=O) groups excluding carboxylic acids is 1. The van der Waals surface area contributed by atoms with E-state index in [1.807, 2.05) is 0 Å². The van der Waals surface area contributed by atoms with E-state index in [-0.39, 0.29) is 6.42 Å². The van der Waals surface area contributed by atoms with E-state index in [2.05, 4.69) is 5.32 Å². The van der Waals surface area contributed by atoms with E-state index in [0.717, 1.165) is 18.2 Å². The Bertz CT molecular complexity index is 828. The van der Waals surface area contributed by atoms with E-state index in [0.29, 0.717) is 11.1 Å². The highest BCUT2D eigenvalue weighted by Gasteiger charge is 2.29. The second kappa shape index (κ2) is 8.48. The third-order valence-electron chi connectivity index (χ3n) is 3.63. The lowest BCUT2D eigenvalue weighted by Crippen LogP contribution is -2.41. The van der Waals surface area contributed by atoms with E-state index < -0.39 is 35.5 Å². The van der Waals surface area contributed by atoms with Gasteiger partial charge in [0.05, 0.1) is 5.56 Å². The molecule has 0 spiro atoms. The normalized spacial score (nSPS) is 12.7. The minimum absolute atomic E-state index is 0.0462. The molecule has 27 heavy (non-hydrogen) atoms. The monoisotopic (exact) mass is 381 g/mol. The van der Waals surface area contributed by atoms with Crippen LogP contribution < -0.4 is 5.32 Å². The van der Waals surface area contributed by atoms with Gasteiger partial charge in [-0.15, -0.1) is 0 Å². The molecule has 2 N–H and O–H groups in total. The summed E-state index contributed by atoms with van der Waals surface area (Å²) in [6.07, 6.45) is -2.19. The lowest BCUT2D eigenvalue weighted by Gasteiger charge is -2.13. The molecule has 0 aliphatic carbocycles. The second-order valence-electron chi connectivity index (χ2n) is 5.68. The zero-order chi connectivity index (χ0) is 20.0. The molecule has 0 fully saturated rings. The maximum Gasteiger partial charge on any atom is 0.416 e. The molecule has 2 aromatic rings. The Morgan fingerprint density at radius 3 is 2.15 bits per heavy atom. The number of alkyl halides is 3. The first kappa shape index (κ1) is 20.2. The fourth-order valence-corrected chi connectivity index (χ4v) is 2.23. The molecule has 0 aliphatic rings. The van der Waals surface area contributed by atoms with Crippen LogP contribution >= 0.6 is 0 Å². The molecule has 1 amide bonds. The first-order chi connectivity index (χ1) is 12.6. The fraction of sp³-hybridized carbons (Fsp3) is 0.158. The van der Waals surface area contributed by atoms with Gasteiger partial charge in [0.2, 0.25) is 5.91 Å². The van der Waals surface area contributed by atoms with Crippen LogP contribution in [0.4, 0.5) is 17.6 Å². The number of aliphatic carboxylic acids is 1. The Kier molecular flexibility index (Phi) is 6.33. The molecule has 4 nitrogen and oxygen atoms in total. The molecule has 0 radical (unpaired) electrons. The van der Waals surface area contributed by atoms with E-state index in [1.165, 1.54) is 42.5 Å². The van der Waals surface area contributed by atoms with Gasteiger partial charge in [-0.3, -0.25) is 4.79 Å². The number of halogens is 4. The standard InChI is InChI=1S/C19H15F4NO3/c20-15-8-3-13(4-9-15)11-16(18(26)27)24-17(25)10-5-12-1-6-14(7-2-12)19(21,22)23/h1-10,16H,11H2,(H,24,25)(H,26,27)/b10-5+. The zero-order valence-electron chi connectivity index (χ0n) is 13.8. The third-order valence-corrected chi connectivity index (χ3v) is 3.63. The van der Waals surface area contributed by atoms with Crippen LogP contribution in [0.5, 0.6) is 0 Å². The van der Waals surface area contributed by atoms with Crippen LogP contribution in [0.3, 0.4) is 0 Å². The first-order valence-electron chi connectivity index (χ1n) is 7.78. The van der Waals surface area contributed by atoms with Crippen LogP contribution in [0.1, 0.15) is 16.7 Å². The number of carboxylic acid groups (broad SMARTS) is 1. The molecule has 2 aromatic carbocycles. The number of hydrogen-bond acceptors (Lipinski definition) is 2. The summed E-state index contributed by atoms with van der Waals surface area (Å²) in [5, 5.41) is 11.5. The molecule has 142 valence electrons. The topological polar surface area (TPSA) is 66.4 Å². The Morgan fingerprint density at radius 2 is 1.63 bits per heavy atom. The number of benzene rings is 2. The van der Waals surface area contributed by atoms with Crippen molar-refractivity contribution in [3.05, 3.63) is 77.1 Å². The van der Waals surface area contributed by atoms with Gasteiger partial charge in [0.1, 0.15) is 11.9 Å². The average Bonchev–Trinajstić information content (AvgIpc) is 2.60. The number of carbonyl (C=O) groups is 2. The highest BCUT2D eigenvalue weighted by molar-refractivity contribution is 5.94. The van der Waals surface area contributed by atoms with Gasteiger partial charge >= 0.3 is 12.1 Å². The predicted molar refractivity (Wildman–Crippen MR) is 90.1 cm³/mol. The van der Waals surface area contributed by atoms with Crippen molar-refractivity contribution >= 4 is 18.0 Å². The summed E-state index contributed by atoms with van der Waals surface area (Å²) in [7, 11) is 0. The maximum atomic E-state index is 12.9. The third kappa shape index (κ3) is 6.25. The Balaban J connectivity index is 1.99. The average molecular weight is 381 g/mol. The van der Waals surface area contributed by atoms with Crippen molar-refractivity contribution in [2.75, 3.05) is 0 Å². The van der Waals surface area contributed by atoms with Gasteiger partial charge in [-0.2, -0.15) is 13.2 Å². The number of rotatable bonds is 6. The van der Waals surface area contributed by atoms with Crippen molar-refractivity contribution in [3.63, 3.8) is 0 Å². The lowest BCUT2D eigenvalue weighted by molar-refractivity contribution is -0.141. The molecule has 0 heterocycles. The molecule has 1 unspecified atom stereocenters. The highest BCUT2D eigenvalue weighted by Crippen LogP contribution is 2.29. The van der Waals surface area contributed by atoms with Crippen molar-refractivity contribution in [1.82, 2.24) is 5.32 Å². The molecule has 0 saturated carbocycles. The fourth-order valence-electron chi connectivity index (χ4n) is 2.23. The molecular formula is C19H15F4NO3. The number of nitrogens with one attached hydrogen (secondary N) is 1. The second-order valence-corrected chi connectivity index (χ2v) is 5.68. The van der Waals surface area contributed by atoms with Crippen molar-refractivity contribution < 1.29 is 32.3 Å². The zero-order valence-corrected chi connectivity index (χ0v) is 13.8. The van der Waals surface area contributed by atoms with Crippen LogP contribution in [0.2, 0.25) is 0 Å². The number of carboxylic acids is 1. The van der Waals surface area contributed by atoms with Crippen LogP contribution in [0.25, 0.3) is 6.08 Å². The Morgan fingerprint density at radius 1 is 1.04 bits per heavy atom. The van der Waals surface area contributed by atoms with Gasteiger partial charge in [0.15, 0.2) is 0 Å². The van der Waals surface area contributed by atoms with Crippen LogP contribution in [0, 0.1) is 5.82 Å². The Hall–Kier alpha value is -3.16. The smallest absolute Gasteiger partial charge is 0.416 e. The molecule has 0 aliphatic heterocycles. The number of hydrogen-bond donors (Lipinski definition) is 2. The summed E-state index contributed by atoms with van der Waals surface area (Å²) in [6, 6.07) is 8.10. The first-order valence-corrected chi connectivity index (χ1v) is 7.78. The van der Waals surface area contributed by atoms with Crippen molar-refractivity contribution in [2.24, 2.45) is 0 Å². The summed E-state index contributed by atoms with van der Waals surface area (Å²) in [5.74, 6) is -2.45. The molecule has 0 aromatic heterocycles. The van der Waals surface area contributed by atoms with Gasteiger partial charge in [0, 0.05) is 12.5 Å². The SMILES string of the molecule is O=C(/C=C/c1ccc(C(F)(F)F)cc1)NC(Cc1ccc(F)cc1)C(=O)O. The largest absolute Gasteiger partial charge is 0.480 e. The van der Waals surface area contributed by atoms with Crippen molar-refractivity contribution in [3.8, 4) is 0 Å². The summed E-state index contributed by atoms with van der Waals surface area (Å²) in [6.45, 7) is 0. The summed E-state index contributed by atoms with van der Waals surface area (Å²) >= 11 is 0. The van der Waals surface area contributed by atoms with E-state index in [9.17, 15) is 32.3 Å². The molecule has 0 bridgehead atoms. The van der Waals surface area contributed by atoms with E-state index >= 15 is 0 Å². The van der Waals surface area contributed by atoms with Gasteiger partial charge < -0.3 is 10.4 Å². The minimum atomic E-state index is -4.45. The van der Waals surface area contributed by atoms with E-state index in [4.69, 9.17) is 0 Å². The molecule has 0 saturated heterocycles. The van der Waals surface area contributed by atoms with Gasteiger partial charge in [-0.25, -0.2) is 9.18 Å². The van der Waals surface area contributed by atoms with E-state index in [1.54, 1.807) is 0 Å². The van der Waals surface area contributed by atoms with Crippen LogP contribution in [0.15, 0.2) is 54.6 Å². The predicted octanol–water partition coefficient (Wildman–Crippen LogP) is 3.67. The molecule has 1 atom stereocenters. The molecule has 8 heteroatoms. The van der Waals surface area contributed by atoms with Gasteiger partial charge in [0.25, 0.3) is 0 Å². The molecular weight excluding hydrogens is 366 g/mol. The van der Waals surface area contributed by atoms with Crippen molar-refractivity contribution in [2.45, 2.75) is 18.6 Å². The van der Waals surface area contributed by atoms with Gasteiger partial charge in [-0.1, -0.05) is 24.3 Å². The highest BCUT2D eigenvalue weighted by atomic mass is 19.4.